The molecule has 0 heterocycles. The lowest BCUT2D eigenvalue weighted by atomic mass is 9.87. The highest BCUT2D eigenvalue weighted by Crippen LogP contribution is 2.25. The SMILES string of the molecule is CCCC(C)(C)CN(CCCCCN)C(=O)OC(C)(C)C. The van der Waals surface area contributed by atoms with E-state index in [9.17, 15) is 4.79 Å². The van der Waals surface area contributed by atoms with E-state index in [2.05, 4.69) is 20.8 Å². The first-order valence-corrected chi connectivity index (χ1v) is 8.29. The Bertz CT molecular complexity index is 296. The third-order valence-corrected chi connectivity index (χ3v) is 3.33. The Morgan fingerprint density at radius 2 is 1.71 bits per heavy atom. The molecule has 0 spiro atoms. The molecule has 0 unspecified atom stereocenters. The summed E-state index contributed by atoms with van der Waals surface area (Å²) < 4.78 is 5.54. The molecular weight excluding hydrogens is 264 g/mol. The van der Waals surface area contributed by atoms with Crippen LogP contribution in [-0.4, -0.2) is 36.2 Å². The monoisotopic (exact) mass is 300 g/mol. The number of hydrogen-bond acceptors (Lipinski definition) is 3. The van der Waals surface area contributed by atoms with Crippen molar-refractivity contribution in [2.24, 2.45) is 11.1 Å². The van der Waals surface area contributed by atoms with Gasteiger partial charge in [-0.2, -0.15) is 0 Å². The van der Waals surface area contributed by atoms with Gasteiger partial charge in [0.05, 0.1) is 0 Å². The molecule has 0 saturated heterocycles. The second-order valence-electron chi connectivity index (χ2n) is 7.67. The third-order valence-electron chi connectivity index (χ3n) is 3.33. The maximum absolute atomic E-state index is 12.4. The zero-order valence-electron chi connectivity index (χ0n) is 15.0. The summed E-state index contributed by atoms with van der Waals surface area (Å²) in [4.78, 5) is 14.3. The normalized spacial score (nSPS) is 12.3. The van der Waals surface area contributed by atoms with E-state index in [1.807, 2.05) is 25.7 Å². The maximum atomic E-state index is 12.4. The fraction of sp³-hybridized carbons (Fsp3) is 0.941. The zero-order valence-corrected chi connectivity index (χ0v) is 15.0. The van der Waals surface area contributed by atoms with Crippen molar-refractivity contribution in [1.82, 2.24) is 4.90 Å². The summed E-state index contributed by atoms with van der Waals surface area (Å²) in [5, 5.41) is 0. The Morgan fingerprint density at radius 1 is 1.10 bits per heavy atom. The van der Waals surface area contributed by atoms with Crippen LogP contribution in [0.25, 0.3) is 0 Å². The summed E-state index contributed by atoms with van der Waals surface area (Å²) in [6.45, 7) is 14.6. The van der Waals surface area contributed by atoms with Crippen molar-refractivity contribution in [1.29, 1.82) is 0 Å². The second kappa shape index (κ2) is 9.29. The van der Waals surface area contributed by atoms with Gasteiger partial charge in [-0.3, -0.25) is 0 Å². The standard InChI is InChI=1S/C17H36N2O2/c1-7-11-17(5,6)14-19(13-10-8-9-12-18)15(20)21-16(2,3)4/h7-14,18H2,1-6H3. The van der Waals surface area contributed by atoms with E-state index >= 15 is 0 Å². The molecule has 0 rings (SSSR count). The van der Waals surface area contributed by atoms with Gasteiger partial charge in [-0.25, -0.2) is 4.79 Å². The van der Waals surface area contributed by atoms with E-state index in [1.54, 1.807) is 0 Å². The number of nitrogens with zero attached hydrogens (tertiary/aromatic N) is 1. The topological polar surface area (TPSA) is 55.6 Å². The van der Waals surface area contributed by atoms with E-state index in [4.69, 9.17) is 10.5 Å². The Morgan fingerprint density at radius 3 is 2.19 bits per heavy atom. The number of rotatable bonds is 9. The minimum Gasteiger partial charge on any atom is -0.444 e. The van der Waals surface area contributed by atoms with Gasteiger partial charge in [-0.15, -0.1) is 0 Å². The lowest BCUT2D eigenvalue weighted by Gasteiger charge is -2.34. The quantitative estimate of drug-likeness (QED) is 0.650. The summed E-state index contributed by atoms with van der Waals surface area (Å²) in [6.07, 6.45) is 5.10. The average molecular weight is 300 g/mol. The van der Waals surface area contributed by atoms with Gasteiger partial charge in [-0.1, -0.05) is 33.6 Å². The van der Waals surface area contributed by atoms with Crippen molar-refractivity contribution in [3.05, 3.63) is 0 Å². The van der Waals surface area contributed by atoms with Gasteiger partial charge in [0.15, 0.2) is 0 Å². The van der Waals surface area contributed by atoms with Crippen LogP contribution in [0.3, 0.4) is 0 Å². The molecule has 0 aromatic carbocycles. The van der Waals surface area contributed by atoms with Crippen LogP contribution >= 0.6 is 0 Å². The Kier molecular flexibility index (Phi) is 8.95. The largest absolute Gasteiger partial charge is 0.444 e. The molecule has 126 valence electrons. The number of unbranched alkanes of at least 4 members (excludes halogenated alkanes) is 2. The van der Waals surface area contributed by atoms with E-state index in [1.165, 1.54) is 0 Å². The summed E-state index contributed by atoms with van der Waals surface area (Å²) in [5.41, 5.74) is 5.21. The molecule has 0 aromatic rings. The molecule has 0 atom stereocenters. The van der Waals surface area contributed by atoms with Crippen LogP contribution in [0, 0.1) is 5.41 Å². The van der Waals surface area contributed by atoms with Crippen molar-refractivity contribution in [3.63, 3.8) is 0 Å². The molecule has 0 fully saturated rings. The predicted molar refractivity (Wildman–Crippen MR) is 89.4 cm³/mol. The first kappa shape index (κ1) is 20.2. The number of hydrogen-bond donors (Lipinski definition) is 1. The molecule has 1 amide bonds. The van der Waals surface area contributed by atoms with E-state index in [0.29, 0.717) is 6.54 Å². The average Bonchev–Trinajstić information content (AvgIpc) is 2.30. The van der Waals surface area contributed by atoms with Gasteiger partial charge in [-0.05, 0) is 52.0 Å². The van der Waals surface area contributed by atoms with Crippen molar-refractivity contribution in [2.45, 2.75) is 79.2 Å². The van der Waals surface area contributed by atoms with Crippen molar-refractivity contribution in [3.8, 4) is 0 Å². The summed E-state index contributed by atoms with van der Waals surface area (Å²) >= 11 is 0. The molecule has 21 heavy (non-hydrogen) atoms. The highest BCUT2D eigenvalue weighted by molar-refractivity contribution is 5.68. The van der Waals surface area contributed by atoms with Crippen molar-refractivity contribution >= 4 is 6.09 Å². The van der Waals surface area contributed by atoms with E-state index in [-0.39, 0.29) is 11.5 Å². The Labute approximate surface area is 131 Å². The lowest BCUT2D eigenvalue weighted by molar-refractivity contribution is 0.0168. The van der Waals surface area contributed by atoms with E-state index in [0.717, 1.165) is 45.2 Å². The van der Waals surface area contributed by atoms with Gasteiger partial charge in [0.25, 0.3) is 0 Å². The molecule has 2 N–H and O–H groups in total. The lowest BCUT2D eigenvalue weighted by Crippen LogP contribution is -2.42. The molecule has 0 radical (unpaired) electrons. The molecular formula is C17H36N2O2. The minimum atomic E-state index is -0.443. The summed E-state index contributed by atoms with van der Waals surface area (Å²) in [6, 6.07) is 0. The minimum absolute atomic E-state index is 0.125. The van der Waals surface area contributed by atoms with Gasteiger partial charge in [0.2, 0.25) is 0 Å². The maximum Gasteiger partial charge on any atom is 0.410 e. The van der Waals surface area contributed by atoms with Crippen LogP contribution in [0.2, 0.25) is 0 Å². The molecule has 0 aliphatic heterocycles. The van der Waals surface area contributed by atoms with Gasteiger partial charge in [0, 0.05) is 13.1 Å². The van der Waals surface area contributed by atoms with Crippen LogP contribution in [-0.2, 0) is 4.74 Å². The van der Waals surface area contributed by atoms with Gasteiger partial charge in [0.1, 0.15) is 5.60 Å². The molecule has 4 heteroatoms. The fourth-order valence-electron chi connectivity index (χ4n) is 2.46. The number of carbonyl (C=O) groups is 1. The fourth-order valence-corrected chi connectivity index (χ4v) is 2.46. The van der Waals surface area contributed by atoms with Crippen LogP contribution in [0.15, 0.2) is 0 Å². The highest BCUT2D eigenvalue weighted by Gasteiger charge is 2.27. The van der Waals surface area contributed by atoms with E-state index < -0.39 is 5.60 Å². The molecule has 0 aliphatic carbocycles. The Hall–Kier alpha value is -0.770. The molecule has 0 aliphatic rings. The molecule has 4 nitrogen and oxygen atoms in total. The van der Waals surface area contributed by atoms with Gasteiger partial charge < -0.3 is 15.4 Å². The van der Waals surface area contributed by atoms with Crippen LogP contribution < -0.4 is 5.73 Å². The first-order valence-electron chi connectivity index (χ1n) is 8.29. The second-order valence-corrected chi connectivity index (χ2v) is 7.67. The van der Waals surface area contributed by atoms with Gasteiger partial charge >= 0.3 is 6.09 Å². The van der Waals surface area contributed by atoms with Crippen LogP contribution in [0.5, 0.6) is 0 Å². The first-order chi connectivity index (χ1) is 9.61. The van der Waals surface area contributed by atoms with Crippen LogP contribution in [0.4, 0.5) is 4.79 Å². The zero-order chi connectivity index (χ0) is 16.5. The van der Waals surface area contributed by atoms with Crippen molar-refractivity contribution < 1.29 is 9.53 Å². The predicted octanol–water partition coefficient (Wildman–Crippen LogP) is 4.18. The third kappa shape index (κ3) is 10.6. The number of nitrogens with two attached hydrogens (primary N) is 1. The summed E-state index contributed by atoms with van der Waals surface area (Å²) in [5.74, 6) is 0. The summed E-state index contributed by atoms with van der Waals surface area (Å²) in [7, 11) is 0. The number of amides is 1. The highest BCUT2D eigenvalue weighted by atomic mass is 16.6. The number of carbonyl (C=O) groups excluding carboxylic acids is 1. The molecule has 0 saturated carbocycles. The number of ether oxygens (including phenoxy) is 1. The Balaban J connectivity index is 4.63. The van der Waals surface area contributed by atoms with Crippen molar-refractivity contribution in [2.75, 3.05) is 19.6 Å². The molecule has 0 aromatic heterocycles. The molecule has 0 bridgehead atoms. The van der Waals surface area contributed by atoms with Crippen LogP contribution in [0.1, 0.15) is 73.6 Å². The smallest absolute Gasteiger partial charge is 0.410 e.